The predicted molar refractivity (Wildman–Crippen MR) is 73.8 cm³/mol. The molecule has 1 nitrogen and oxygen atoms in total. The van der Waals surface area contributed by atoms with Crippen LogP contribution in [0, 0.1) is 11.6 Å². The zero-order chi connectivity index (χ0) is 13.8. The Kier molecular flexibility index (Phi) is 4.27. The largest absolute Gasteiger partial charge is 0.310 e. The Morgan fingerprint density at radius 2 is 1.74 bits per heavy atom. The third-order valence-corrected chi connectivity index (χ3v) is 2.94. The first-order chi connectivity index (χ1) is 9.08. The highest BCUT2D eigenvalue weighted by molar-refractivity contribution is 5.68. The molecule has 2 rings (SSSR count). The van der Waals surface area contributed by atoms with E-state index in [4.69, 9.17) is 0 Å². The number of benzene rings is 2. The normalized spacial score (nSPS) is 11.0. The van der Waals surface area contributed by atoms with Gasteiger partial charge >= 0.3 is 0 Å². The Balaban J connectivity index is 2.41. The SMILES string of the molecule is CC(C)NCc1ccccc1-c1cc(F)ccc1F. The van der Waals surface area contributed by atoms with Crippen molar-refractivity contribution in [2.45, 2.75) is 26.4 Å². The van der Waals surface area contributed by atoms with Gasteiger partial charge in [0.2, 0.25) is 0 Å². The van der Waals surface area contributed by atoms with E-state index in [1.807, 2.05) is 38.1 Å². The Labute approximate surface area is 112 Å². The zero-order valence-electron chi connectivity index (χ0n) is 11.1. The van der Waals surface area contributed by atoms with Gasteiger partial charge in [-0.25, -0.2) is 8.78 Å². The van der Waals surface area contributed by atoms with Crippen molar-refractivity contribution >= 4 is 0 Å². The van der Waals surface area contributed by atoms with Gasteiger partial charge in [-0.1, -0.05) is 38.1 Å². The Morgan fingerprint density at radius 3 is 2.47 bits per heavy atom. The molecule has 0 saturated heterocycles. The average molecular weight is 261 g/mol. The average Bonchev–Trinajstić information content (AvgIpc) is 2.39. The van der Waals surface area contributed by atoms with Crippen molar-refractivity contribution in [2.75, 3.05) is 0 Å². The molecule has 0 spiro atoms. The first-order valence-electron chi connectivity index (χ1n) is 6.34. The summed E-state index contributed by atoms with van der Waals surface area (Å²) in [7, 11) is 0. The van der Waals surface area contributed by atoms with Crippen LogP contribution in [-0.4, -0.2) is 6.04 Å². The van der Waals surface area contributed by atoms with Crippen LogP contribution in [0.2, 0.25) is 0 Å². The monoisotopic (exact) mass is 261 g/mol. The standard InChI is InChI=1S/C16H17F2N/c1-11(2)19-10-12-5-3-4-6-14(12)15-9-13(17)7-8-16(15)18/h3-9,11,19H,10H2,1-2H3. The van der Waals surface area contributed by atoms with Gasteiger partial charge in [0.15, 0.2) is 0 Å². The topological polar surface area (TPSA) is 12.0 Å². The van der Waals surface area contributed by atoms with Crippen LogP contribution in [0.5, 0.6) is 0 Å². The van der Waals surface area contributed by atoms with Crippen molar-refractivity contribution in [3.8, 4) is 11.1 Å². The minimum Gasteiger partial charge on any atom is -0.310 e. The maximum Gasteiger partial charge on any atom is 0.131 e. The molecule has 0 saturated carbocycles. The smallest absolute Gasteiger partial charge is 0.131 e. The number of hydrogen-bond acceptors (Lipinski definition) is 1. The third-order valence-electron chi connectivity index (χ3n) is 2.94. The molecule has 0 aromatic heterocycles. The van der Waals surface area contributed by atoms with E-state index in [1.54, 1.807) is 0 Å². The van der Waals surface area contributed by atoms with Gasteiger partial charge in [0, 0.05) is 18.2 Å². The van der Waals surface area contributed by atoms with Gasteiger partial charge in [0.1, 0.15) is 11.6 Å². The Bertz CT molecular complexity index is 564. The second kappa shape index (κ2) is 5.93. The summed E-state index contributed by atoms with van der Waals surface area (Å²) in [5.74, 6) is -0.832. The number of rotatable bonds is 4. The molecule has 0 aliphatic rings. The molecule has 0 atom stereocenters. The van der Waals surface area contributed by atoms with Crippen LogP contribution in [0.4, 0.5) is 8.78 Å². The molecule has 3 heteroatoms. The van der Waals surface area contributed by atoms with Crippen molar-refractivity contribution in [2.24, 2.45) is 0 Å². The molecule has 0 bridgehead atoms. The third kappa shape index (κ3) is 3.38. The number of nitrogens with one attached hydrogen (secondary N) is 1. The molecule has 0 heterocycles. The lowest BCUT2D eigenvalue weighted by Gasteiger charge is -2.13. The molecule has 100 valence electrons. The highest BCUT2D eigenvalue weighted by Crippen LogP contribution is 2.27. The fourth-order valence-electron chi connectivity index (χ4n) is 1.96. The lowest BCUT2D eigenvalue weighted by atomic mass is 9.99. The minimum atomic E-state index is -0.428. The molecule has 0 aliphatic heterocycles. The summed E-state index contributed by atoms with van der Waals surface area (Å²) in [5, 5.41) is 3.29. The Hall–Kier alpha value is -1.74. The summed E-state index contributed by atoms with van der Waals surface area (Å²) >= 11 is 0. The molecular weight excluding hydrogens is 244 g/mol. The lowest BCUT2D eigenvalue weighted by molar-refractivity contribution is 0.587. The van der Waals surface area contributed by atoms with E-state index < -0.39 is 11.6 Å². The van der Waals surface area contributed by atoms with Gasteiger partial charge in [-0.05, 0) is 29.3 Å². The molecule has 0 unspecified atom stereocenters. The van der Waals surface area contributed by atoms with Crippen LogP contribution in [0.3, 0.4) is 0 Å². The van der Waals surface area contributed by atoms with Crippen LogP contribution in [0.15, 0.2) is 42.5 Å². The predicted octanol–water partition coefficient (Wildman–Crippen LogP) is 4.13. The van der Waals surface area contributed by atoms with Gasteiger partial charge in [0.05, 0.1) is 0 Å². The highest BCUT2D eigenvalue weighted by atomic mass is 19.1. The molecule has 2 aromatic rings. The molecule has 0 amide bonds. The first-order valence-corrected chi connectivity index (χ1v) is 6.34. The summed E-state index contributed by atoms with van der Waals surface area (Å²) in [4.78, 5) is 0. The fraction of sp³-hybridized carbons (Fsp3) is 0.250. The van der Waals surface area contributed by atoms with Crippen molar-refractivity contribution in [1.82, 2.24) is 5.32 Å². The van der Waals surface area contributed by atoms with Crippen LogP contribution in [-0.2, 0) is 6.54 Å². The fourth-order valence-corrected chi connectivity index (χ4v) is 1.96. The maximum atomic E-state index is 13.8. The second-order valence-corrected chi connectivity index (χ2v) is 4.82. The molecule has 0 fully saturated rings. The quantitative estimate of drug-likeness (QED) is 0.872. The van der Waals surface area contributed by atoms with E-state index in [0.29, 0.717) is 18.2 Å². The molecule has 1 N–H and O–H groups in total. The summed E-state index contributed by atoms with van der Waals surface area (Å²) in [6.07, 6.45) is 0. The zero-order valence-corrected chi connectivity index (χ0v) is 11.1. The molecule has 2 aromatic carbocycles. The summed E-state index contributed by atoms with van der Waals surface area (Å²) in [5.41, 5.74) is 1.99. The number of hydrogen-bond donors (Lipinski definition) is 1. The minimum absolute atomic E-state index is 0.307. The van der Waals surface area contributed by atoms with Gasteiger partial charge < -0.3 is 5.32 Å². The van der Waals surface area contributed by atoms with Gasteiger partial charge in [-0.3, -0.25) is 0 Å². The van der Waals surface area contributed by atoms with Crippen molar-refractivity contribution in [3.63, 3.8) is 0 Å². The van der Waals surface area contributed by atoms with Crippen LogP contribution in [0.25, 0.3) is 11.1 Å². The molecular formula is C16H17F2N. The highest BCUT2D eigenvalue weighted by Gasteiger charge is 2.10. The number of halogens is 2. The van der Waals surface area contributed by atoms with E-state index in [0.717, 1.165) is 23.3 Å². The first kappa shape index (κ1) is 13.7. The van der Waals surface area contributed by atoms with Gasteiger partial charge in [-0.15, -0.1) is 0 Å². The van der Waals surface area contributed by atoms with E-state index in [9.17, 15) is 8.78 Å². The molecule has 19 heavy (non-hydrogen) atoms. The summed E-state index contributed by atoms with van der Waals surface area (Å²) < 4.78 is 27.1. The van der Waals surface area contributed by atoms with Crippen molar-refractivity contribution < 1.29 is 8.78 Å². The maximum absolute atomic E-state index is 13.8. The second-order valence-electron chi connectivity index (χ2n) is 4.82. The van der Waals surface area contributed by atoms with Crippen LogP contribution in [0.1, 0.15) is 19.4 Å². The molecule has 0 aliphatic carbocycles. The molecule has 0 radical (unpaired) electrons. The summed E-state index contributed by atoms with van der Waals surface area (Å²) in [6, 6.07) is 11.3. The van der Waals surface area contributed by atoms with E-state index >= 15 is 0 Å². The lowest BCUT2D eigenvalue weighted by Crippen LogP contribution is -2.22. The van der Waals surface area contributed by atoms with Gasteiger partial charge in [0.25, 0.3) is 0 Å². The van der Waals surface area contributed by atoms with E-state index in [1.165, 1.54) is 6.07 Å². The van der Waals surface area contributed by atoms with E-state index in [2.05, 4.69) is 5.32 Å². The summed E-state index contributed by atoms with van der Waals surface area (Å²) in [6.45, 7) is 4.72. The van der Waals surface area contributed by atoms with Crippen molar-refractivity contribution in [1.29, 1.82) is 0 Å². The Morgan fingerprint density at radius 1 is 1.00 bits per heavy atom. The van der Waals surface area contributed by atoms with E-state index in [-0.39, 0.29) is 0 Å². The van der Waals surface area contributed by atoms with Gasteiger partial charge in [-0.2, -0.15) is 0 Å². The van der Waals surface area contributed by atoms with Crippen LogP contribution < -0.4 is 5.32 Å². The van der Waals surface area contributed by atoms with Crippen LogP contribution >= 0.6 is 0 Å². The van der Waals surface area contributed by atoms with Crippen molar-refractivity contribution in [3.05, 3.63) is 59.7 Å².